The number of anilines is 1. The molecule has 0 amide bonds. The molecule has 1 aromatic heterocycles. The van der Waals surface area contributed by atoms with Gasteiger partial charge in [-0.25, -0.2) is 15.0 Å². The van der Waals surface area contributed by atoms with E-state index in [9.17, 15) is 9.11 Å². The van der Waals surface area contributed by atoms with Crippen molar-refractivity contribution in [1.82, 2.24) is 14.9 Å². The van der Waals surface area contributed by atoms with Crippen LogP contribution in [0, 0.1) is 0 Å². The Balaban J connectivity index is 1.56. The molecule has 6 N–H and O–H groups in total. The molecule has 2 aliphatic rings. The van der Waals surface area contributed by atoms with Crippen LogP contribution in [0.1, 0.15) is 19.5 Å². The molecule has 0 bridgehead atoms. The molecule has 0 atom stereocenters. The number of hydrogen-bond donors (Lipinski definition) is 4. The van der Waals surface area contributed by atoms with Gasteiger partial charge in [0.1, 0.15) is 17.1 Å². The van der Waals surface area contributed by atoms with Crippen LogP contribution in [-0.4, -0.2) is 54.1 Å². The van der Waals surface area contributed by atoms with E-state index < -0.39 is 10.6 Å². The quantitative estimate of drug-likeness (QED) is 0.606. The Bertz CT molecular complexity index is 965. The van der Waals surface area contributed by atoms with Crippen LogP contribution in [0.5, 0.6) is 0 Å². The SMILES string of the molecule is CC(C)S(O)(O)c1ccc(-c2cnc(N)c(C3=NC3=CN3CC(N)C3)n2)cc1. The van der Waals surface area contributed by atoms with Crippen molar-refractivity contribution in [2.24, 2.45) is 10.7 Å². The van der Waals surface area contributed by atoms with Crippen LogP contribution < -0.4 is 11.5 Å². The molecule has 4 rings (SSSR count). The lowest BCUT2D eigenvalue weighted by atomic mass is 10.1. The Morgan fingerprint density at radius 2 is 1.89 bits per heavy atom. The summed E-state index contributed by atoms with van der Waals surface area (Å²) < 4.78 is 20.6. The van der Waals surface area contributed by atoms with Crippen molar-refractivity contribution in [2.45, 2.75) is 30.0 Å². The predicted molar refractivity (Wildman–Crippen MR) is 112 cm³/mol. The zero-order chi connectivity index (χ0) is 20.1. The van der Waals surface area contributed by atoms with Gasteiger partial charge in [-0.2, -0.15) is 10.6 Å². The van der Waals surface area contributed by atoms with E-state index in [1.165, 1.54) is 0 Å². The highest BCUT2D eigenvalue weighted by atomic mass is 32.3. The van der Waals surface area contributed by atoms with E-state index in [1.807, 2.05) is 18.3 Å². The van der Waals surface area contributed by atoms with E-state index in [1.54, 1.807) is 32.2 Å². The summed E-state index contributed by atoms with van der Waals surface area (Å²) in [7, 11) is -2.81. The maximum absolute atomic E-state index is 10.3. The number of likely N-dealkylation sites (tertiary alicyclic amines) is 1. The zero-order valence-electron chi connectivity index (χ0n) is 15.8. The lowest BCUT2D eigenvalue weighted by Gasteiger charge is -2.36. The van der Waals surface area contributed by atoms with Crippen LogP contribution in [0.15, 0.2) is 52.2 Å². The summed E-state index contributed by atoms with van der Waals surface area (Å²) in [6.45, 7) is 5.23. The van der Waals surface area contributed by atoms with E-state index in [0.29, 0.717) is 22.1 Å². The van der Waals surface area contributed by atoms with Crippen molar-refractivity contribution >= 4 is 22.1 Å². The van der Waals surface area contributed by atoms with Gasteiger partial charge in [-0.15, -0.1) is 0 Å². The van der Waals surface area contributed by atoms with Crippen molar-refractivity contribution < 1.29 is 9.11 Å². The fourth-order valence-electron chi connectivity index (χ4n) is 2.99. The second-order valence-corrected chi connectivity index (χ2v) is 9.94. The molecule has 1 fully saturated rings. The lowest BCUT2D eigenvalue weighted by Crippen LogP contribution is -2.52. The Morgan fingerprint density at radius 3 is 2.50 bits per heavy atom. The zero-order valence-corrected chi connectivity index (χ0v) is 16.6. The molecule has 148 valence electrons. The Labute approximate surface area is 165 Å². The third-order valence-electron chi connectivity index (χ3n) is 4.85. The smallest absolute Gasteiger partial charge is 0.151 e. The van der Waals surface area contributed by atoms with Gasteiger partial charge in [-0.3, -0.25) is 9.11 Å². The largest absolute Gasteiger partial charge is 0.382 e. The molecule has 1 saturated heterocycles. The molecule has 2 aliphatic heterocycles. The third-order valence-corrected chi connectivity index (χ3v) is 7.13. The molecule has 2 aromatic rings. The van der Waals surface area contributed by atoms with Crippen molar-refractivity contribution in [3.8, 4) is 11.3 Å². The van der Waals surface area contributed by atoms with Crippen molar-refractivity contribution in [1.29, 1.82) is 0 Å². The second kappa shape index (κ2) is 6.85. The van der Waals surface area contributed by atoms with Crippen molar-refractivity contribution in [3.63, 3.8) is 0 Å². The van der Waals surface area contributed by atoms with Gasteiger partial charge in [0.05, 0.1) is 16.8 Å². The van der Waals surface area contributed by atoms with Gasteiger partial charge in [0.2, 0.25) is 0 Å². The van der Waals surface area contributed by atoms with E-state index >= 15 is 0 Å². The number of nitrogen functional groups attached to an aromatic ring is 1. The van der Waals surface area contributed by atoms with Crippen LogP contribution in [0.4, 0.5) is 5.82 Å². The first-order valence-electron chi connectivity index (χ1n) is 9.06. The molecule has 0 spiro atoms. The van der Waals surface area contributed by atoms with Gasteiger partial charge in [0.15, 0.2) is 5.82 Å². The van der Waals surface area contributed by atoms with Gasteiger partial charge in [-0.1, -0.05) is 12.1 Å². The van der Waals surface area contributed by atoms with Gasteiger partial charge < -0.3 is 16.4 Å². The van der Waals surface area contributed by atoms with Crippen molar-refractivity contribution in [3.05, 3.63) is 48.1 Å². The minimum Gasteiger partial charge on any atom is -0.382 e. The third kappa shape index (κ3) is 3.49. The first-order chi connectivity index (χ1) is 13.3. The lowest BCUT2D eigenvalue weighted by molar-refractivity contribution is 0.222. The van der Waals surface area contributed by atoms with Crippen LogP contribution >= 0.6 is 10.6 Å². The summed E-state index contributed by atoms with van der Waals surface area (Å²) in [5.74, 6) is 0.330. The van der Waals surface area contributed by atoms with Gasteiger partial charge in [-0.05, 0) is 26.0 Å². The molecule has 28 heavy (non-hydrogen) atoms. The van der Waals surface area contributed by atoms with Crippen LogP contribution in [-0.2, 0) is 0 Å². The van der Waals surface area contributed by atoms with Crippen molar-refractivity contribution in [2.75, 3.05) is 18.8 Å². The highest BCUT2D eigenvalue weighted by molar-refractivity contribution is 8.24. The van der Waals surface area contributed by atoms with Crippen LogP contribution in [0.3, 0.4) is 0 Å². The first kappa shape index (κ1) is 18.9. The van der Waals surface area contributed by atoms with E-state index in [-0.39, 0.29) is 11.3 Å². The van der Waals surface area contributed by atoms with Crippen LogP contribution in [0.25, 0.3) is 11.3 Å². The minimum absolute atomic E-state index is 0.226. The van der Waals surface area contributed by atoms with E-state index in [2.05, 4.69) is 19.9 Å². The summed E-state index contributed by atoms with van der Waals surface area (Å²) in [6.07, 6.45) is 3.58. The number of allylic oxidation sites excluding steroid dienone is 1. The summed E-state index contributed by atoms with van der Waals surface area (Å²) in [5, 5.41) is -0.250. The number of rotatable bonds is 5. The summed E-state index contributed by atoms with van der Waals surface area (Å²) >= 11 is 0. The monoisotopic (exact) mass is 400 g/mol. The molecule has 0 radical (unpaired) electrons. The highest BCUT2D eigenvalue weighted by Gasteiger charge is 2.30. The number of nitrogens with zero attached hydrogens (tertiary/aromatic N) is 4. The fourth-order valence-corrected chi connectivity index (χ4v) is 4.07. The molecular weight excluding hydrogens is 376 g/mol. The molecule has 9 heteroatoms. The van der Waals surface area contributed by atoms with Gasteiger partial charge in [0, 0.05) is 36.1 Å². The average Bonchev–Trinajstić information content (AvgIpc) is 3.40. The number of hydrogen-bond acceptors (Lipinski definition) is 8. The summed E-state index contributed by atoms with van der Waals surface area (Å²) in [5.41, 5.74) is 15.4. The second-order valence-electron chi connectivity index (χ2n) is 7.34. The molecule has 1 aromatic carbocycles. The van der Waals surface area contributed by atoms with Gasteiger partial charge in [0.25, 0.3) is 0 Å². The summed E-state index contributed by atoms with van der Waals surface area (Å²) in [4.78, 5) is 15.9. The number of aromatic nitrogens is 2. The van der Waals surface area contributed by atoms with E-state index in [4.69, 9.17) is 11.5 Å². The standard InChI is InChI=1S/C19H24N6O2S/c1-11(2)28(26,27)14-5-3-12(4-6-14)15-7-22-19(21)18(23-15)17-16(24-17)10-25-8-13(20)9-25/h3-7,10-11,13,26-27H,8-9,20H2,1-2H3,(H2,21,22). The maximum Gasteiger partial charge on any atom is 0.151 e. The fraction of sp³-hybridized carbons (Fsp3) is 0.316. The highest BCUT2D eigenvalue weighted by Crippen LogP contribution is 2.52. The number of benzene rings is 1. The number of nitrogens with two attached hydrogens (primary N) is 2. The molecule has 0 saturated carbocycles. The first-order valence-corrected chi connectivity index (χ1v) is 10.7. The number of aliphatic imine (C=N–C) groups is 1. The Kier molecular flexibility index (Phi) is 4.62. The maximum atomic E-state index is 10.3. The van der Waals surface area contributed by atoms with Crippen LogP contribution in [0.2, 0.25) is 0 Å². The van der Waals surface area contributed by atoms with E-state index in [0.717, 1.165) is 30.1 Å². The molecule has 8 nitrogen and oxygen atoms in total. The molecule has 0 aliphatic carbocycles. The van der Waals surface area contributed by atoms with Gasteiger partial charge >= 0.3 is 0 Å². The molecule has 3 heterocycles. The average molecular weight is 401 g/mol. The summed E-state index contributed by atoms with van der Waals surface area (Å²) in [6, 6.07) is 7.28. The Morgan fingerprint density at radius 1 is 1.21 bits per heavy atom. The molecular formula is C19H24N6O2S. The topological polar surface area (TPSA) is 134 Å². The minimum atomic E-state index is -2.81. The predicted octanol–water partition coefficient (Wildman–Crippen LogP) is 2.53. The molecule has 0 unspecified atom stereocenters. The normalized spacial score (nSPS) is 19.0. The Hall–Kier alpha value is -2.46.